The second kappa shape index (κ2) is 8.52. The number of rotatable bonds is 6. The van der Waals surface area contributed by atoms with Gasteiger partial charge in [0, 0.05) is 35.8 Å². The minimum atomic E-state index is -0.280. The summed E-state index contributed by atoms with van der Waals surface area (Å²) in [5.74, 6) is 0.999. The van der Waals surface area contributed by atoms with Crippen molar-refractivity contribution in [3.8, 4) is 40.0 Å². The smallest absolute Gasteiger partial charge is 0.305 e. The van der Waals surface area contributed by atoms with Gasteiger partial charge in [-0.05, 0) is 48.2 Å². The molecule has 1 aliphatic rings. The first-order valence-corrected chi connectivity index (χ1v) is 10.0. The second-order valence-corrected chi connectivity index (χ2v) is 7.24. The van der Waals surface area contributed by atoms with Crippen LogP contribution in [0.3, 0.4) is 0 Å². The van der Waals surface area contributed by atoms with E-state index in [9.17, 15) is 10.1 Å². The predicted octanol–water partition coefficient (Wildman–Crippen LogP) is 3.77. The number of fused-ring (bicyclic) bond motifs is 3. The van der Waals surface area contributed by atoms with Crippen molar-refractivity contribution in [1.29, 1.82) is 5.26 Å². The van der Waals surface area contributed by atoms with Gasteiger partial charge in [-0.2, -0.15) is 5.26 Å². The van der Waals surface area contributed by atoms with E-state index < -0.39 is 0 Å². The molecule has 0 fully saturated rings. The first-order valence-electron chi connectivity index (χ1n) is 10.0. The highest BCUT2D eigenvalue weighted by Crippen LogP contribution is 2.45. The van der Waals surface area contributed by atoms with Crippen LogP contribution >= 0.6 is 0 Å². The quantitative estimate of drug-likeness (QED) is 0.568. The number of esters is 1. The van der Waals surface area contributed by atoms with Crippen molar-refractivity contribution in [2.24, 2.45) is 0 Å². The lowest BCUT2D eigenvalue weighted by Gasteiger charge is -2.23. The molecule has 0 aliphatic carbocycles. The van der Waals surface area contributed by atoms with E-state index in [1.54, 1.807) is 26.6 Å². The molecule has 0 saturated heterocycles. The van der Waals surface area contributed by atoms with Gasteiger partial charge < -0.3 is 18.8 Å². The van der Waals surface area contributed by atoms with Crippen LogP contribution in [-0.2, 0) is 28.9 Å². The Kier molecular flexibility index (Phi) is 5.63. The number of nitrogens with zero attached hydrogens (tertiary/aromatic N) is 3. The minimum Gasteiger partial charge on any atom is -0.493 e. The predicted molar refractivity (Wildman–Crippen MR) is 115 cm³/mol. The number of hydrogen-bond acceptors (Lipinski definition) is 6. The number of benzene rings is 1. The fourth-order valence-electron chi connectivity index (χ4n) is 4.30. The van der Waals surface area contributed by atoms with Gasteiger partial charge in [0.05, 0.1) is 39.0 Å². The lowest BCUT2D eigenvalue weighted by Crippen LogP contribution is -2.15. The third-order valence-electron chi connectivity index (χ3n) is 5.71. The molecule has 3 heterocycles. The average molecular weight is 417 g/mol. The zero-order valence-electron chi connectivity index (χ0n) is 17.8. The normalized spacial score (nSPS) is 11.8. The molecule has 1 aromatic carbocycles. The Balaban J connectivity index is 1.98. The molecule has 0 N–H and O–H groups in total. The van der Waals surface area contributed by atoms with Crippen LogP contribution in [0.5, 0.6) is 11.5 Å². The van der Waals surface area contributed by atoms with Crippen molar-refractivity contribution in [1.82, 2.24) is 9.55 Å². The van der Waals surface area contributed by atoms with Gasteiger partial charge in [0.2, 0.25) is 0 Å². The Labute approximate surface area is 180 Å². The molecule has 31 heavy (non-hydrogen) atoms. The summed E-state index contributed by atoms with van der Waals surface area (Å²) in [6.45, 7) is 0.702. The molecule has 7 nitrogen and oxygen atoms in total. The molecule has 7 heteroatoms. The maximum atomic E-state index is 11.9. The monoisotopic (exact) mass is 417 g/mol. The van der Waals surface area contributed by atoms with Crippen LogP contribution in [0.1, 0.15) is 23.2 Å². The summed E-state index contributed by atoms with van der Waals surface area (Å²) in [4.78, 5) is 16.0. The topological polar surface area (TPSA) is 86.4 Å². The average Bonchev–Trinajstić information content (AvgIpc) is 3.15. The van der Waals surface area contributed by atoms with Gasteiger partial charge in [-0.1, -0.05) is 0 Å². The standard InChI is InChI=1S/C24H23N3O4/c1-29-20-12-16-8-11-27-19(4-5-22(28)31-3)23(15-6-9-26-10-7-15)18(14-25)24(27)17(16)13-21(20)30-2/h6-7,9-10,12-13H,4-5,8,11H2,1-3H3. The Bertz CT molecular complexity index is 1180. The highest BCUT2D eigenvalue weighted by molar-refractivity contribution is 5.86. The molecule has 0 bridgehead atoms. The number of methoxy groups -OCH3 is 3. The van der Waals surface area contributed by atoms with Crippen LogP contribution in [0.25, 0.3) is 22.4 Å². The first-order chi connectivity index (χ1) is 15.1. The summed E-state index contributed by atoms with van der Waals surface area (Å²) < 4.78 is 18.0. The molecule has 158 valence electrons. The van der Waals surface area contributed by atoms with E-state index >= 15 is 0 Å². The molecule has 4 rings (SSSR count). The second-order valence-electron chi connectivity index (χ2n) is 7.24. The van der Waals surface area contributed by atoms with E-state index in [2.05, 4.69) is 15.6 Å². The number of ether oxygens (including phenoxy) is 3. The van der Waals surface area contributed by atoms with Gasteiger partial charge in [0.25, 0.3) is 0 Å². The number of carbonyl (C=O) groups excluding carboxylic acids is 1. The van der Waals surface area contributed by atoms with E-state index in [1.807, 2.05) is 24.3 Å². The Morgan fingerprint density at radius 1 is 1.16 bits per heavy atom. The molecule has 0 unspecified atom stereocenters. The van der Waals surface area contributed by atoms with Gasteiger partial charge in [0.15, 0.2) is 11.5 Å². The molecule has 1 aliphatic heterocycles. The van der Waals surface area contributed by atoms with Crippen molar-refractivity contribution in [2.75, 3.05) is 21.3 Å². The molecule has 0 spiro atoms. The third kappa shape index (κ3) is 3.50. The van der Waals surface area contributed by atoms with Gasteiger partial charge in [-0.3, -0.25) is 9.78 Å². The number of hydrogen-bond donors (Lipinski definition) is 0. The van der Waals surface area contributed by atoms with Crippen LogP contribution in [-0.4, -0.2) is 36.8 Å². The highest BCUT2D eigenvalue weighted by atomic mass is 16.5. The lowest BCUT2D eigenvalue weighted by molar-refractivity contribution is -0.140. The number of pyridine rings is 1. The summed E-state index contributed by atoms with van der Waals surface area (Å²) >= 11 is 0. The van der Waals surface area contributed by atoms with Crippen molar-refractivity contribution in [3.05, 3.63) is 53.5 Å². The largest absolute Gasteiger partial charge is 0.493 e. The van der Waals surface area contributed by atoms with Crippen LogP contribution in [0, 0.1) is 11.3 Å². The molecular weight excluding hydrogens is 394 g/mol. The van der Waals surface area contributed by atoms with Gasteiger partial charge in [-0.15, -0.1) is 0 Å². The highest BCUT2D eigenvalue weighted by Gasteiger charge is 2.30. The molecule has 2 aromatic heterocycles. The number of nitriles is 1. The van der Waals surface area contributed by atoms with Crippen LogP contribution < -0.4 is 9.47 Å². The summed E-state index contributed by atoms with van der Waals surface area (Å²) in [6.07, 6.45) is 4.91. The van der Waals surface area contributed by atoms with E-state index in [0.29, 0.717) is 30.0 Å². The van der Waals surface area contributed by atoms with E-state index in [-0.39, 0.29) is 12.4 Å². The maximum absolute atomic E-state index is 11.9. The lowest BCUT2D eigenvalue weighted by atomic mass is 9.94. The molecule has 0 atom stereocenters. The first kappa shape index (κ1) is 20.5. The zero-order valence-corrected chi connectivity index (χ0v) is 17.8. The van der Waals surface area contributed by atoms with Crippen molar-refractivity contribution in [2.45, 2.75) is 25.8 Å². The molecule has 0 saturated carbocycles. The molecule has 3 aromatic rings. The summed E-state index contributed by atoms with van der Waals surface area (Å²) in [5, 5.41) is 10.2. The number of carbonyl (C=O) groups is 1. The zero-order chi connectivity index (χ0) is 22.0. The maximum Gasteiger partial charge on any atom is 0.305 e. The van der Waals surface area contributed by atoms with Crippen LogP contribution in [0.15, 0.2) is 36.7 Å². The fraction of sp³-hybridized carbons (Fsp3) is 0.292. The fourth-order valence-corrected chi connectivity index (χ4v) is 4.30. The van der Waals surface area contributed by atoms with Crippen LogP contribution in [0.4, 0.5) is 0 Å². The summed E-state index contributed by atoms with van der Waals surface area (Å²) in [5.41, 5.74) is 6.15. The Morgan fingerprint density at radius 3 is 2.52 bits per heavy atom. The third-order valence-corrected chi connectivity index (χ3v) is 5.71. The number of aryl methyl sites for hydroxylation is 1. The number of aromatic nitrogens is 2. The van der Waals surface area contributed by atoms with E-state index in [1.165, 1.54) is 7.11 Å². The molecule has 0 amide bonds. The van der Waals surface area contributed by atoms with E-state index in [4.69, 9.17) is 14.2 Å². The van der Waals surface area contributed by atoms with Crippen LogP contribution in [0.2, 0.25) is 0 Å². The SMILES string of the molecule is COC(=O)CCc1c(-c2ccncc2)c(C#N)c2n1CCc1cc(OC)c(OC)cc1-2. The van der Waals surface area contributed by atoms with Gasteiger partial charge in [0.1, 0.15) is 6.07 Å². The van der Waals surface area contributed by atoms with Crippen molar-refractivity contribution >= 4 is 5.97 Å². The minimum absolute atomic E-state index is 0.238. The molecular formula is C24H23N3O4. The van der Waals surface area contributed by atoms with Crippen molar-refractivity contribution in [3.63, 3.8) is 0 Å². The van der Waals surface area contributed by atoms with Gasteiger partial charge in [-0.25, -0.2) is 0 Å². The summed E-state index contributed by atoms with van der Waals surface area (Å²) in [7, 11) is 4.60. The summed E-state index contributed by atoms with van der Waals surface area (Å²) in [6, 6.07) is 10.1. The van der Waals surface area contributed by atoms with E-state index in [0.717, 1.165) is 40.1 Å². The van der Waals surface area contributed by atoms with Crippen molar-refractivity contribution < 1.29 is 19.0 Å². The Hall–Kier alpha value is -3.79. The van der Waals surface area contributed by atoms with Gasteiger partial charge >= 0.3 is 5.97 Å². The molecule has 0 radical (unpaired) electrons. The Morgan fingerprint density at radius 2 is 1.87 bits per heavy atom.